The minimum absolute atomic E-state index is 0.0464. The van der Waals surface area contributed by atoms with Crippen molar-refractivity contribution in [3.8, 4) is 0 Å². The van der Waals surface area contributed by atoms with Crippen LogP contribution in [0.25, 0.3) is 11.0 Å². The van der Waals surface area contributed by atoms with E-state index in [1.54, 1.807) is 42.1 Å². The molecule has 25 heavy (non-hydrogen) atoms. The molecule has 0 fully saturated rings. The van der Waals surface area contributed by atoms with Crippen molar-refractivity contribution in [2.24, 2.45) is 0 Å². The first-order valence-corrected chi connectivity index (χ1v) is 8.86. The Morgan fingerprint density at radius 3 is 2.92 bits per heavy atom. The van der Waals surface area contributed by atoms with E-state index in [9.17, 15) is 14.0 Å². The Labute approximate surface area is 147 Å². The fourth-order valence-corrected chi connectivity index (χ4v) is 4.08. The Morgan fingerprint density at radius 1 is 1.20 bits per heavy atom. The predicted molar refractivity (Wildman–Crippen MR) is 94.4 cm³/mol. The molecule has 126 valence electrons. The topological polar surface area (TPSA) is 59.3 Å². The summed E-state index contributed by atoms with van der Waals surface area (Å²) in [5, 5.41) is 3.52. The Bertz CT molecular complexity index is 1030. The van der Waals surface area contributed by atoms with Crippen LogP contribution in [-0.4, -0.2) is 11.7 Å². The summed E-state index contributed by atoms with van der Waals surface area (Å²) in [5.74, 6) is -0.0343. The van der Waals surface area contributed by atoms with Crippen LogP contribution in [-0.2, 0) is 0 Å². The second kappa shape index (κ2) is 6.37. The van der Waals surface area contributed by atoms with E-state index < -0.39 is 11.5 Å². The minimum Gasteiger partial charge on any atom is -0.422 e. The summed E-state index contributed by atoms with van der Waals surface area (Å²) >= 11 is 1.63. The zero-order chi connectivity index (χ0) is 17.4. The molecule has 1 aliphatic rings. The average molecular weight is 355 g/mol. The third-order valence-electron chi connectivity index (χ3n) is 4.20. The van der Waals surface area contributed by atoms with E-state index in [1.165, 1.54) is 18.2 Å². The molecule has 0 bridgehead atoms. The Morgan fingerprint density at radius 2 is 2.04 bits per heavy atom. The summed E-state index contributed by atoms with van der Waals surface area (Å²) in [7, 11) is 0. The van der Waals surface area contributed by atoms with Crippen molar-refractivity contribution in [3.05, 3.63) is 75.9 Å². The molecule has 4 rings (SSSR count). The Balaban J connectivity index is 1.67. The van der Waals surface area contributed by atoms with Gasteiger partial charge in [-0.3, -0.25) is 4.79 Å². The van der Waals surface area contributed by atoms with Gasteiger partial charge in [0.05, 0.1) is 6.04 Å². The molecule has 1 amide bonds. The number of amides is 1. The van der Waals surface area contributed by atoms with E-state index in [-0.39, 0.29) is 17.4 Å². The van der Waals surface area contributed by atoms with Crippen LogP contribution in [0.4, 0.5) is 4.39 Å². The highest BCUT2D eigenvalue weighted by molar-refractivity contribution is 7.99. The van der Waals surface area contributed by atoms with Crippen molar-refractivity contribution in [2.75, 3.05) is 5.75 Å². The largest absolute Gasteiger partial charge is 0.422 e. The van der Waals surface area contributed by atoms with E-state index in [1.807, 2.05) is 0 Å². The lowest BCUT2D eigenvalue weighted by molar-refractivity contribution is 0.0931. The van der Waals surface area contributed by atoms with Crippen LogP contribution >= 0.6 is 11.8 Å². The van der Waals surface area contributed by atoms with Crippen LogP contribution < -0.4 is 10.9 Å². The summed E-state index contributed by atoms with van der Waals surface area (Å²) in [5.41, 5.74) is 0.455. The van der Waals surface area contributed by atoms with Crippen LogP contribution in [0.2, 0.25) is 0 Å². The number of hydrogen-bond acceptors (Lipinski definition) is 4. The van der Waals surface area contributed by atoms with Crippen LogP contribution in [0, 0.1) is 5.82 Å². The number of benzene rings is 2. The number of thioether (sulfide) groups is 1. The smallest absolute Gasteiger partial charge is 0.349 e. The van der Waals surface area contributed by atoms with Gasteiger partial charge in [0, 0.05) is 16.0 Å². The molecule has 1 N–H and O–H groups in total. The monoisotopic (exact) mass is 355 g/mol. The quantitative estimate of drug-likeness (QED) is 0.709. The molecular formula is C19H14FNO3S. The van der Waals surface area contributed by atoms with Gasteiger partial charge in [-0.15, -0.1) is 11.8 Å². The fourth-order valence-electron chi connectivity index (χ4n) is 2.97. The van der Waals surface area contributed by atoms with Crippen LogP contribution in [0.3, 0.4) is 0 Å². The van der Waals surface area contributed by atoms with Crippen LogP contribution in [0.5, 0.6) is 0 Å². The number of hydrogen-bond donors (Lipinski definition) is 1. The first-order chi connectivity index (χ1) is 12.1. The number of rotatable bonds is 2. The van der Waals surface area contributed by atoms with Gasteiger partial charge < -0.3 is 9.73 Å². The normalized spacial score (nSPS) is 16.4. The molecule has 4 nitrogen and oxygen atoms in total. The SMILES string of the molecule is O=C(N[C@H]1CCSc2ccc(F)cc21)c1cc2ccccc2oc1=O. The summed E-state index contributed by atoms with van der Waals surface area (Å²) < 4.78 is 18.8. The van der Waals surface area contributed by atoms with Gasteiger partial charge in [0.15, 0.2) is 0 Å². The highest BCUT2D eigenvalue weighted by atomic mass is 32.2. The number of fused-ring (bicyclic) bond motifs is 2. The molecule has 2 heterocycles. The van der Waals surface area contributed by atoms with Crippen LogP contribution in [0.1, 0.15) is 28.4 Å². The van der Waals surface area contributed by atoms with Crippen molar-refractivity contribution in [3.63, 3.8) is 0 Å². The third kappa shape index (κ3) is 3.05. The highest BCUT2D eigenvalue weighted by Gasteiger charge is 2.24. The lowest BCUT2D eigenvalue weighted by atomic mass is 10.0. The average Bonchev–Trinajstić information content (AvgIpc) is 2.61. The second-order valence-corrected chi connectivity index (χ2v) is 6.97. The maximum absolute atomic E-state index is 13.6. The molecule has 0 saturated carbocycles. The molecule has 1 atom stereocenters. The number of nitrogens with one attached hydrogen (secondary N) is 1. The molecule has 0 saturated heterocycles. The third-order valence-corrected chi connectivity index (χ3v) is 5.33. The molecule has 2 aromatic carbocycles. The van der Waals surface area contributed by atoms with E-state index in [0.29, 0.717) is 17.4 Å². The van der Waals surface area contributed by atoms with E-state index >= 15 is 0 Å². The first kappa shape index (κ1) is 15.9. The van der Waals surface area contributed by atoms with E-state index in [2.05, 4.69) is 5.32 Å². The maximum Gasteiger partial charge on any atom is 0.349 e. The van der Waals surface area contributed by atoms with Crippen LogP contribution in [0.15, 0.2) is 62.6 Å². The van der Waals surface area contributed by atoms with Crippen molar-refractivity contribution in [2.45, 2.75) is 17.4 Å². The molecule has 0 spiro atoms. The zero-order valence-corrected chi connectivity index (χ0v) is 13.9. The molecule has 0 radical (unpaired) electrons. The van der Waals surface area contributed by atoms with Gasteiger partial charge in [-0.05, 0) is 42.3 Å². The minimum atomic E-state index is -0.680. The second-order valence-electron chi connectivity index (χ2n) is 5.83. The molecule has 6 heteroatoms. The molecule has 0 aliphatic carbocycles. The van der Waals surface area contributed by atoms with Gasteiger partial charge in [0.1, 0.15) is 17.0 Å². The summed E-state index contributed by atoms with van der Waals surface area (Å²) in [6, 6.07) is 12.8. The molecule has 0 unspecified atom stereocenters. The van der Waals surface area contributed by atoms with Crippen molar-refractivity contribution in [1.82, 2.24) is 5.32 Å². The first-order valence-electron chi connectivity index (χ1n) is 7.88. The standard InChI is InChI=1S/C19H14FNO3S/c20-12-5-6-17-13(10-12)15(7-8-25-17)21-18(22)14-9-11-3-1-2-4-16(11)24-19(14)23/h1-6,9-10,15H,7-8H2,(H,21,22)/t15-/m0/s1. The summed E-state index contributed by atoms with van der Waals surface area (Å²) in [6.07, 6.45) is 0.672. The summed E-state index contributed by atoms with van der Waals surface area (Å²) in [6.45, 7) is 0. The maximum atomic E-state index is 13.6. The Hall–Kier alpha value is -2.60. The fraction of sp³-hybridized carbons (Fsp3) is 0.158. The number of carbonyl (C=O) groups excluding carboxylic acids is 1. The number of halogens is 1. The van der Waals surface area contributed by atoms with Gasteiger partial charge in [-0.1, -0.05) is 18.2 Å². The molecular weight excluding hydrogens is 341 g/mol. The van der Waals surface area contributed by atoms with Crippen molar-refractivity contribution >= 4 is 28.6 Å². The lowest BCUT2D eigenvalue weighted by Gasteiger charge is -2.25. The Kier molecular flexibility index (Phi) is 4.05. The van der Waals surface area contributed by atoms with Crippen molar-refractivity contribution < 1.29 is 13.6 Å². The van der Waals surface area contributed by atoms with Gasteiger partial charge in [0.25, 0.3) is 5.91 Å². The molecule has 1 aliphatic heterocycles. The van der Waals surface area contributed by atoms with E-state index in [4.69, 9.17) is 4.42 Å². The summed E-state index contributed by atoms with van der Waals surface area (Å²) in [4.78, 5) is 25.7. The zero-order valence-electron chi connectivity index (χ0n) is 13.1. The van der Waals surface area contributed by atoms with Gasteiger partial charge in [-0.25, -0.2) is 9.18 Å². The highest BCUT2D eigenvalue weighted by Crippen LogP contribution is 2.36. The number of para-hydroxylation sites is 1. The van der Waals surface area contributed by atoms with Gasteiger partial charge in [0.2, 0.25) is 0 Å². The molecule has 3 aromatic rings. The molecule has 1 aromatic heterocycles. The number of carbonyl (C=O) groups is 1. The van der Waals surface area contributed by atoms with Gasteiger partial charge >= 0.3 is 5.63 Å². The predicted octanol–water partition coefficient (Wildman–Crippen LogP) is 3.90. The van der Waals surface area contributed by atoms with E-state index in [0.717, 1.165) is 16.2 Å². The van der Waals surface area contributed by atoms with Gasteiger partial charge in [-0.2, -0.15) is 0 Å². The van der Waals surface area contributed by atoms with Crippen molar-refractivity contribution in [1.29, 1.82) is 0 Å². The lowest BCUT2D eigenvalue weighted by Crippen LogP contribution is -2.33.